The summed E-state index contributed by atoms with van der Waals surface area (Å²) in [6, 6.07) is 15.2. The van der Waals surface area contributed by atoms with Crippen LogP contribution in [0.2, 0.25) is 5.02 Å². The largest absolute Gasteiger partial charge is 0.344 e. The summed E-state index contributed by atoms with van der Waals surface area (Å²) in [6.45, 7) is 8.12. The lowest BCUT2D eigenvalue weighted by molar-refractivity contribution is -0.138. The zero-order valence-corrected chi connectivity index (χ0v) is 28.4. The van der Waals surface area contributed by atoms with Crippen molar-refractivity contribution in [2.24, 2.45) is 23.5 Å². The van der Waals surface area contributed by atoms with E-state index in [0.717, 1.165) is 43.0 Å². The van der Waals surface area contributed by atoms with E-state index in [-0.39, 0.29) is 35.6 Å². The van der Waals surface area contributed by atoms with Gasteiger partial charge in [-0.3, -0.25) is 9.59 Å². The fourth-order valence-electron chi connectivity index (χ4n) is 8.14. The van der Waals surface area contributed by atoms with E-state index in [1.54, 1.807) is 0 Å². The maximum Gasteiger partial charge on any atom is 0.245 e. The molecule has 0 aromatic heterocycles. The highest BCUT2D eigenvalue weighted by molar-refractivity contribution is 7.99. The van der Waals surface area contributed by atoms with Crippen LogP contribution in [0.4, 0.5) is 0 Å². The third-order valence-corrected chi connectivity index (χ3v) is 12.0. The summed E-state index contributed by atoms with van der Waals surface area (Å²) in [4.78, 5) is 30.5. The number of thioether (sulfide) groups is 1. The molecule has 5 unspecified atom stereocenters. The van der Waals surface area contributed by atoms with Crippen LogP contribution in [0.15, 0.2) is 48.5 Å². The van der Waals surface area contributed by atoms with Crippen molar-refractivity contribution in [1.82, 2.24) is 10.2 Å². The lowest BCUT2D eigenvalue weighted by atomic mass is 9.79. The molecular formula is C37H52ClN3O2S. The highest BCUT2D eigenvalue weighted by Gasteiger charge is 2.52. The highest BCUT2D eigenvalue weighted by atomic mass is 35.5. The van der Waals surface area contributed by atoms with E-state index in [1.807, 2.05) is 29.2 Å². The van der Waals surface area contributed by atoms with Gasteiger partial charge >= 0.3 is 0 Å². The van der Waals surface area contributed by atoms with E-state index in [0.29, 0.717) is 29.2 Å². The first-order chi connectivity index (χ1) is 21.3. The van der Waals surface area contributed by atoms with Crippen LogP contribution < -0.4 is 11.1 Å². The topological polar surface area (TPSA) is 75.4 Å². The van der Waals surface area contributed by atoms with Gasteiger partial charge in [0.15, 0.2) is 0 Å². The van der Waals surface area contributed by atoms with Gasteiger partial charge in [-0.15, -0.1) is 0 Å². The maximum atomic E-state index is 14.4. The first-order valence-electron chi connectivity index (χ1n) is 17.1. The predicted octanol–water partition coefficient (Wildman–Crippen LogP) is 7.56. The van der Waals surface area contributed by atoms with Gasteiger partial charge in [0.05, 0.1) is 5.92 Å². The van der Waals surface area contributed by atoms with Gasteiger partial charge in [0.1, 0.15) is 6.04 Å². The molecule has 2 fully saturated rings. The number of halogens is 1. The fourth-order valence-corrected chi connectivity index (χ4v) is 9.34. The summed E-state index contributed by atoms with van der Waals surface area (Å²) >= 11 is 8.24. The molecule has 2 amide bonds. The molecule has 3 aliphatic rings. The summed E-state index contributed by atoms with van der Waals surface area (Å²) < 4.78 is 0. The molecule has 0 radical (unpaired) electrons. The molecule has 0 saturated heterocycles. The number of carbonyl (C=O) groups excluding carboxylic acids is 2. The quantitative estimate of drug-likeness (QED) is 0.224. The Morgan fingerprint density at radius 2 is 1.68 bits per heavy atom. The SMILES string of the molecule is CCCN(CCC(CSC(C)C)C1CCCCC1)C(=O)[C@@H](Cc1ccc(Cl)cc1)NC(=O)C1C2CC(c3ccccc32)C1N. The molecule has 0 spiro atoms. The van der Waals surface area contributed by atoms with Crippen molar-refractivity contribution in [3.63, 3.8) is 0 Å². The van der Waals surface area contributed by atoms with Crippen LogP contribution in [0.5, 0.6) is 0 Å². The molecule has 2 saturated carbocycles. The summed E-state index contributed by atoms with van der Waals surface area (Å²) in [5.41, 5.74) is 10.3. The van der Waals surface area contributed by atoms with Gasteiger partial charge < -0.3 is 16.0 Å². The van der Waals surface area contributed by atoms with Gasteiger partial charge in [-0.25, -0.2) is 0 Å². The third kappa shape index (κ3) is 7.85. The molecule has 0 heterocycles. The Labute approximate surface area is 274 Å². The fraction of sp³-hybridized carbons (Fsp3) is 0.622. The summed E-state index contributed by atoms with van der Waals surface area (Å²) in [5.74, 6) is 2.45. The molecule has 6 atom stereocenters. The third-order valence-electron chi connectivity index (χ3n) is 10.4. The Morgan fingerprint density at radius 1 is 1.00 bits per heavy atom. The van der Waals surface area contributed by atoms with Crippen molar-refractivity contribution in [1.29, 1.82) is 0 Å². The van der Waals surface area contributed by atoms with Crippen LogP contribution in [0.1, 0.15) is 101 Å². The second-order valence-corrected chi connectivity index (χ2v) is 15.8. The highest BCUT2D eigenvalue weighted by Crippen LogP contribution is 2.55. The Bertz CT molecular complexity index is 1250. The van der Waals surface area contributed by atoms with Gasteiger partial charge in [0.2, 0.25) is 11.8 Å². The molecule has 2 aromatic rings. The lowest BCUT2D eigenvalue weighted by Gasteiger charge is -2.34. The minimum absolute atomic E-state index is 0.0196. The summed E-state index contributed by atoms with van der Waals surface area (Å²) in [5, 5.41) is 4.52. The Morgan fingerprint density at radius 3 is 2.34 bits per heavy atom. The van der Waals surface area contributed by atoms with Crippen molar-refractivity contribution in [3.8, 4) is 0 Å². The number of benzene rings is 2. The second-order valence-electron chi connectivity index (χ2n) is 13.7. The number of nitrogens with one attached hydrogen (secondary N) is 1. The van der Waals surface area contributed by atoms with Crippen molar-refractivity contribution in [3.05, 3.63) is 70.2 Å². The lowest BCUT2D eigenvalue weighted by Crippen LogP contribution is -2.54. The molecule has 2 aromatic carbocycles. The second kappa shape index (κ2) is 15.5. The number of nitrogens with two attached hydrogens (primary N) is 1. The molecule has 2 bridgehead atoms. The number of hydrogen-bond donors (Lipinski definition) is 2. The van der Waals surface area contributed by atoms with Gasteiger partial charge in [-0.1, -0.05) is 101 Å². The molecule has 5 nitrogen and oxygen atoms in total. The monoisotopic (exact) mass is 637 g/mol. The van der Waals surface area contributed by atoms with E-state index < -0.39 is 6.04 Å². The van der Waals surface area contributed by atoms with Crippen LogP contribution in [0, 0.1) is 17.8 Å². The van der Waals surface area contributed by atoms with Crippen LogP contribution >= 0.6 is 23.4 Å². The standard InChI is InChI=1S/C37H52ClN3O2S/c1-4-19-41(20-18-27(23-44-24(2)3)26-10-6-5-7-11-26)37(43)33(21-25-14-16-28(38)17-15-25)40-36(42)34-31-22-32(35(34)39)30-13-9-8-12-29(30)31/h8-9,12-17,24,26-27,31-35H,4-7,10-11,18-23,39H2,1-3H3,(H,40,42)/t27?,31?,32?,33-,34?,35?/m1/s1. The van der Waals surface area contributed by atoms with Crippen LogP contribution in [-0.4, -0.2) is 52.9 Å². The molecule has 44 heavy (non-hydrogen) atoms. The molecule has 240 valence electrons. The first kappa shape index (κ1) is 33.3. The van der Waals surface area contributed by atoms with Crippen LogP contribution in [0.3, 0.4) is 0 Å². The Hall–Kier alpha value is -2.02. The molecule has 3 aliphatic carbocycles. The number of fused-ring (bicyclic) bond motifs is 5. The van der Waals surface area contributed by atoms with Crippen molar-refractivity contribution < 1.29 is 9.59 Å². The van der Waals surface area contributed by atoms with E-state index >= 15 is 0 Å². The summed E-state index contributed by atoms with van der Waals surface area (Å²) in [7, 11) is 0. The van der Waals surface area contributed by atoms with E-state index in [1.165, 1.54) is 43.2 Å². The number of amides is 2. The summed E-state index contributed by atoms with van der Waals surface area (Å²) in [6.07, 6.45) is 9.89. The van der Waals surface area contributed by atoms with E-state index in [9.17, 15) is 9.59 Å². The average Bonchev–Trinajstić information content (AvgIpc) is 3.57. The van der Waals surface area contributed by atoms with Gasteiger partial charge in [-0.2, -0.15) is 11.8 Å². The van der Waals surface area contributed by atoms with Gasteiger partial charge in [0.25, 0.3) is 0 Å². The van der Waals surface area contributed by atoms with Crippen molar-refractivity contribution in [2.75, 3.05) is 18.8 Å². The molecular weight excluding hydrogens is 586 g/mol. The number of rotatable bonds is 14. The van der Waals surface area contributed by atoms with Crippen LogP contribution in [0.25, 0.3) is 0 Å². The maximum absolute atomic E-state index is 14.4. The smallest absolute Gasteiger partial charge is 0.245 e. The average molecular weight is 638 g/mol. The minimum atomic E-state index is -0.644. The molecule has 5 rings (SSSR count). The van der Waals surface area contributed by atoms with E-state index in [4.69, 9.17) is 17.3 Å². The normalized spacial score (nSPS) is 24.2. The number of carbonyl (C=O) groups is 2. The van der Waals surface area contributed by atoms with Gasteiger partial charge in [-0.05, 0) is 76.8 Å². The Kier molecular flexibility index (Phi) is 11.8. The molecule has 7 heteroatoms. The molecule has 3 N–H and O–H groups in total. The van der Waals surface area contributed by atoms with Crippen LogP contribution in [-0.2, 0) is 16.0 Å². The zero-order chi connectivity index (χ0) is 31.2. The van der Waals surface area contributed by atoms with Crippen molar-refractivity contribution >= 4 is 35.2 Å². The minimum Gasteiger partial charge on any atom is -0.344 e. The molecule has 0 aliphatic heterocycles. The predicted molar refractivity (Wildman–Crippen MR) is 184 cm³/mol. The van der Waals surface area contributed by atoms with E-state index in [2.05, 4.69) is 62.1 Å². The van der Waals surface area contributed by atoms with Gasteiger partial charge in [0, 0.05) is 36.5 Å². The first-order valence-corrected chi connectivity index (χ1v) is 18.5. The Balaban J connectivity index is 1.33. The zero-order valence-electron chi connectivity index (χ0n) is 26.9. The number of nitrogens with zero attached hydrogens (tertiary/aromatic N) is 1. The van der Waals surface area contributed by atoms with Crippen molar-refractivity contribution in [2.45, 2.75) is 108 Å². The number of hydrogen-bond acceptors (Lipinski definition) is 4.